The van der Waals surface area contributed by atoms with Gasteiger partial charge >= 0.3 is 0 Å². The van der Waals surface area contributed by atoms with Gasteiger partial charge in [0.25, 0.3) is 11.6 Å². The number of sulfone groups is 1. The minimum absolute atomic E-state index is 0.0115. The summed E-state index contributed by atoms with van der Waals surface area (Å²) >= 11 is 0. The maximum absolute atomic E-state index is 12.9. The zero-order chi connectivity index (χ0) is 22.8. The molecule has 12 heteroatoms. The Labute approximate surface area is 180 Å². The van der Waals surface area contributed by atoms with Crippen LogP contribution in [0.3, 0.4) is 0 Å². The summed E-state index contributed by atoms with van der Waals surface area (Å²) < 4.78 is 50.7. The highest BCUT2D eigenvalue weighted by molar-refractivity contribution is 7.91. The van der Waals surface area contributed by atoms with Crippen molar-refractivity contribution in [1.29, 1.82) is 0 Å². The third-order valence-corrected chi connectivity index (χ3v) is 8.74. The molecule has 1 aliphatic heterocycles. The van der Waals surface area contributed by atoms with E-state index >= 15 is 0 Å². The first-order valence-electron chi connectivity index (χ1n) is 9.43. The summed E-state index contributed by atoms with van der Waals surface area (Å²) in [4.78, 5) is 24.4. The van der Waals surface area contributed by atoms with Gasteiger partial charge in [0, 0.05) is 37.8 Å². The van der Waals surface area contributed by atoms with Crippen LogP contribution >= 0.6 is 0 Å². The fourth-order valence-corrected chi connectivity index (χ4v) is 5.71. The van der Waals surface area contributed by atoms with Crippen molar-refractivity contribution in [2.75, 3.05) is 31.9 Å². The van der Waals surface area contributed by atoms with Crippen LogP contribution in [0.25, 0.3) is 0 Å². The van der Waals surface area contributed by atoms with Gasteiger partial charge in [0.2, 0.25) is 10.0 Å². The van der Waals surface area contributed by atoms with Crippen LogP contribution in [-0.2, 0) is 19.9 Å². The molecule has 3 rings (SSSR count). The molecule has 0 spiro atoms. The fourth-order valence-electron chi connectivity index (χ4n) is 3.25. The molecule has 0 atom stereocenters. The summed E-state index contributed by atoms with van der Waals surface area (Å²) in [6, 6.07) is 10.8. The number of carbonyl (C=O) groups excluding carboxylic acids is 1. The number of hydrogen-bond donors (Lipinski definition) is 0. The lowest BCUT2D eigenvalue weighted by atomic mass is 10.2. The Hall–Kier alpha value is -2.83. The third-order valence-electron chi connectivity index (χ3n) is 5.05. The van der Waals surface area contributed by atoms with Gasteiger partial charge in [-0.2, -0.15) is 4.31 Å². The van der Waals surface area contributed by atoms with Crippen LogP contribution in [0.5, 0.6) is 0 Å². The number of piperazine rings is 1. The summed E-state index contributed by atoms with van der Waals surface area (Å²) in [6.45, 7) is 1.72. The summed E-state index contributed by atoms with van der Waals surface area (Å²) in [5.74, 6) is -0.390. The van der Waals surface area contributed by atoms with Gasteiger partial charge in [-0.25, -0.2) is 16.8 Å². The molecule has 0 aliphatic carbocycles. The van der Waals surface area contributed by atoms with Gasteiger partial charge in [0.15, 0.2) is 14.7 Å². The van der Waals surface area contributed by atoms with Crippen molar-refractivity contribution in [3.8, 4) is 0 Å². The van der Waals surface area contributed by atoms with Gasteiger partial charge < -0.3 is 4.90 Å². The molecule has 10 nitrogen and oxygen atoms in total. The Bertz CT molecular complexity index is 1200. The summed E-state index contributed by atoms with van der Waals surface area (Å²) in [6.07, 6.45) is 0. The van der Waals surface area contributed by atoms with Gasteiger partial charge in [0.1, 0.15) is 0 Å². The zero-order valence-corrected chi connectivity index (χ0v) is 18.3. The average molecular weight is 468 g/mol. The number of nitro groups is 1. The fraction of sp³-hybridized carbons (Fsp3) is 0.316. The predicted octanol–water partition coefficient (Wildman–Crippen LogP) is 1.54. The van der Waals surface area contributed by atoms with E-state index in [1.165, 1.54) is 54.3 Å². The van der Waals surface area contributed by atoms with Crippen molar-refractivity contribution in [3.05, 3.63) is 64.2 Å². The lowest BCUT2D eigenvalue weighted by Gasteiger charge is -2.34. The van der Waals surface area contributed by atoms with Crippen molar-refractivity contribution < 1.29 is 26.6 Å². The van der Waals surface area contributed by atoms with Crippen LogP contribution in [0.2, 0.25) is 0 Å². The van der Waals surface area contributed by atoms with E-state index < -0.39 is 30.5 Å². The minimum atomic E-state index is -4.09. The number of sulfonamides is 1. The molecule has 0 unspecified atom stereocenters. The first-order valence-corrected chi connectivity index (χ1v) is 12.5. The summed E-state index contributed by atoms with van der Waals surface area (Å²) in [7, 11) is -7.46. The molecule has 2 aromatic carbocycles. The Kier molecular flexibility index (Phi) is 6.43. The van der Waals surface area contributed by atoms with Crippen LogP contribution in [0.15, 0.2) is 58.3 Å². The van der Waals surface area contributed by atoms with Gasteiger partial charge in [0.05, 0.1) is 15.6 Å². The molecule has 0 aromatic heterocycles. The second-order valence-electron chi connectivity index (χ2n) is 6.85. The second kappa shape index (κ2) is 8.73. The Morgan fingerprint density at radius 1 is 0.968 bits per heavy atom. The van der Waals surface area contributed by atoms with E-state index in [1.54, 1.807) is 0 Å². The first kappa shape index (κ1) is 22.8. The highest BCUT2D eigenvalue weighted by Crippen LogP contribution is 2.27. The topological polar surface area (TPSA) is 135 Å². The number of nitro benzene ring substituents is 1. The number of para-hydroxylation sites is 1. The standard InChI is InChI=1S/C19H21N3O7S2/c1-2-30(26,27)16-9-7-15(8-10-16)19(23)20-11-13-21(14-12-20)31(28,29)18-6-4-3-5-17(18)22(24)25/h3-10H,2,11-14H2,1H3. The molecule has 1 amide bonds. The molecular formula is C19H21N3O7S2. The highest BCUT2D eigenvalue weighted by Gasteiger charge is 2.34. The second-order valence-corrected chi connectivity index (χ2v) is 11.0. The molecule has 0 radical (unpaired) electrons. The number of carbonyl (C=O) groups is 1. The van der Waals surface area contributed by atoms with Crippen LogP contribution < -0.4 is 0 Å². The van der Waals surface area contributed by atoms with E-state index in [4.69, 9.17) is 0 Å². The number of nitrogens with zero attached hydrogens (tertiary/aromatic N) is 3. The quantitative estimate of drug-likeness (QED) is 0.464. The van der Waals surface area contributed by atoms with E-state index in [0.717, 1.165) is 10.4 Å². The molecule has 31 heavy (non-hydrogen) atoms. The Morgan fingerprint density at radius 2 is 1.55 bits per heavy atom. The first-order chi connectivity index (χ1) is 14.6. The highest BCUT2D eigenvalue weighted by atomic mass is 32.2. The molecule has 2 aromatic rings. The lowest BCUT2D eigenvalue weighted by molar-refractivity contribution is -0.387. The summed E-state index contributed by atoms with van der Waals surface area (Å²) in [5, 5.41) is 11.2. The van der Waals surface area contributed by atoms with Crippen molar-refractivity contribution in [2.24, 2.45) is 0 Å². The average Bonchev–Trinajstić information content (AvgIpc) is 2.78. The zero-order valence-electron chi connectivity index (χ0n) is 16.7. The minimum Gasteiger partial charge on any atom is -0.336 e. The molecule has 1 saturated heterocycles. The van der Waals surface area contributed by atoms with Crippen LogP contribution in [0.4, 0.5) is 5.69 Å². The smallest absolute Gasteiger partial charge is 0.289 e. The molecule has 0 saturated carbocycles. The number of rotatable bonds is 6. The maximum Gasteiger partial charge on any atom is 0.289 e. The third kappa shape index (κ3) is 4.60. The number of amides is 1. The van der Waals surface area contributed by atoms with Gasteiger partial charge in [-0.1, -0.05) is 19.1 Å². The van der Waals surface area contributed by atoms with E-state index in [9.17, 15) is 31.7 Å². The van der Waals surface area contributed by atoms with Crippen molar-refractivity contribution in [3.63, 3.8) is 0 Å². The molecule has 0 bridgehead atoms. The van der Waals surface area contributed by atoms with Crippen molar-refractivity contribution >= 4 is 31.5 Å². The monoisotopic (exact) mass is 467 g/mol. The van der Waals surface area contributed by atoms with E-state index in [2.05, 4.69) is 0 Å². The van der Waals surface area contributed by atoms with Crippen LogP contribution in [0.1, 0.15) is 17.3 Å². The largest absolute Gasteiger partial charge is 0.336 e. The van der Waals surface area contributed by atoms with Gasteiger partial charge in [-0.3, -0.25) is 14.9 Å². The molecule has 0 N–H and O–H groups in total. The van der Waals surface area contributed by atoms with Crippen molar-refractivity contribution in [2.45, 2.75) is 16.7 Å². The number of hydrogen-bond acceptors (Lipinski definition) is 7. The number of benzene rings is 2. The summed E-state index contributed by atoms with van der Waals surface area (Å²) in [5.41, 5.74) is -0.201. The molecule has 166 valence electrons. The van der Waals surface area contributed by atoms with E-state index in [0.29, 0.717) is 5.56 Å². The van der Waals surface area contributed by atoms with Gasteiger partial charge in [-0.05, 0) is 30.3 Å². The van der Waals surface area contributed by atoms with Crippen LogP contribution in [-0.4, -0.2) is 68.8 Å². The molecule has 1 fully saturated rings. The van der Waals surface area contributed by atoms with Crippen LogP contribution in [0, 0.1) is 10.1 Å². The van der Waals surface area contributed by atoms with E-state index in [1.807, 2.05) is 0 Å². The predicted molar refractivity (Wildman–Crippen MR) is 112 cm³/mol. The van der Waals surface area contributed by atoms with Gasteiger partial charge in [-0.15, -0.1) is 0 Å². The maximum atomic E-state index is 12.9. The normalized spacial score (nSPS) is 15.6. The lowest BCUT2D eigenvalue weighted by Crippen LogP contribution is -2.50. The molecular weight excluding hydrogens is 446 g/mol. The molecule has 1 aliphatic rings. The Balaban J connectivity index is 1.72. The van der Waals surface area contributed by atoms with E-state index in [-0.39, 0.29) is 47.6 Å². The Morgan fingerprint density at radius 3 is 2.10 bits per heavy atom. The SMILES string of the molecule is CCS(=O)(=O)c1ccc(C(=O)N2CCN(S(=O)(=O)c3ccccc3[N+](=O)[O-])CC2)cc1. The van der Waals surface area contributed by atoms with Crippen molar-refractivity contribution in [1.82, 2.24) is 9.21 Å². The molecule has 1 heterocycles.